The minimum absolute atomic E-state index is 0.0528. The lowest BCUT2D eigenvalue weighted by Crippen LogP contribution is -2.34. The molecule has 0 saturated heterocycles. The summed E-state index contributed by atoms with van der Waals surface area (Å²) >= 11 is 0. The van der Waals surface area contributed by atoms with Gasteiger partial charge in [-0.1, -0.05) is 30.3 Å². The third-order valence-corrected chi connectivity index (χ3v) is 4.37. The molecule has 0 aliphatic heterocycles. The van der Waals surface area contributed by atoms with E-state index < -0.39 is 0 Å². The number of fused-ring (bicyclic) bond motifs is 3. The summed E-state index contributed by atoms with van der Waals surface area (Å²) in [7, 11) is 0. The first-order valence-corrected chi connectivity index (χ1v) is 8.49. The van der Waals surface area contributed by atoms with Gasteiger partial charge in [-0.05, 0) is 36.2 Å². The molecule has 1 aromatic carbocycles. The van der Waals surface area contributed by atoms with Crippen molar-refractivity contribution in [2.24, 2.45) is 0 Å². The second-order valence-electron chi connectivity index (χ2n) is 6.09. The molecule has 1 N–H and O–H groups in total. The quantitative estimate of drug-likeness (QED) is 0.601. The highest BCUT2D eigenvalue weighted by Gasteiger charge is 2.13. The standard InChI is InChI=1S/C20H18N4O2/c25-18(21-12-10-15-6-2-1-3-7-15)14-24-19-16(8-4-11-22-19)23-13-5-9-17(23)20(24)26/h1-9,11,13H,10,12,14H2,(H,21,25). The first-order chi connectivity index (χ1) is 12.7. The highest BCUT2D eigenvalue weighted by Crippen LogP contribution is 2.12. The van der Waals surface area contributed by atoms with Crippen molar-refractivity contribution in [2.75, 3.05) is 6.54 Å². The number of carbonyl (C=O) groups excluding carboxylic acids is 1. The Morgan fingerprint density at radius 3 is 2.65 bits per heavy atom. The van der Waals surface area contributed by atoms with Crippen molar-refractivity contribution in [3.63, 3.8) is 0 Å². The van der Waals surface area contributed by atoms with Crippen LogP contribution in [-0.2, 0) is 17.8 Å². The molecule has 0 bridgehead atoms. The topological polar surface area (TPSA) is 68.4 Å². The van der Waals surface area contributed by atoms with Gasteiger partial charge in [0.05, 0.1) is 5.52 Å². The lowest BCUT2D eigenvalue weighted by molar-refractivity contribution is -0.121. The maximum Gasteiger partial charge on any atom is 0.276 e. The van der Waals surface area contributed by atoms with Gasteiger partial charge in [0.1, 0.15) is 12.1 Å². The third-order valence-electron chi connectivity index (χ3n) is 4.37. The zero-order valence-electron chi connectivity index (χ0n) is 14.1. The predicted molar refractivity (Wildman–Crippen MR) is 100 cm³/mol. The first-order valence-electron chi connectivity index (χ1n) is 8.49. The molecule has 4 aromatic rings. The summed E-state index contributed by atoms with van der Waals surface area (Å²) in [5.41, 5.74) is 2.76. The average molecular weight is 346 g/mol. The molecule has 0 aliphatic rings. The molecule has 0 spiro atoms. The fourth-order valence-electron chi connectivity index (χ4n) is 3.12. The van der Waals surface area contributed by atoms with Crippen molar-refractivity contribution in [2.45, 2.75) is 13.0 Å². The average Bonchev–Trinajstić information content (AvgIpc) is 3.16. The minimum atomic E-state index is -0.223. The Balaban J connectivity index is 1.57. The molecule has 0 fully saturated rings. The molecule has 3 heterocycles. The molecule has 4 rings (SSSR count). The molecular weight excluding hydrogens is 328 g/mol. The van der Waals surface area contributed by atoms with Gasteiger partial charge >= 0.3 is 0 Å². The van der Waals surface area contributed by atoms with Gasteiger partial charge < -0.3 is 9.72 Å². The van der Waals surface area contributed by atoms with Gasteiger partial charge in [0.25, 0.3) is 5.56 Å². The normalized spacial score (nSPS) is 11.1. The van der Waals surface area contributed by atoms with Gasteiger partial charge in [-0.25, -0.2) is 4.98 Å². The highest BCUT2D eigenvalue weighted by atomic mass is 16.2. The maximum atomic E-state index is 12.8. The number of aromatic nitrogens is 3. The Morgan fingerprint density at radius 1 is 1.00 bits per heavy atom. The van der Waals surface area contributed by atoms with Crippen molar-refractivity contribution >= 4 is 22.6 Å². The fourth-order valence-corrected chi connectivity index (χ4v) is 3.12. The molecule has 6 heteroatoms. The number of hydrogen-bond acceptors (Lipinski definition) is 3. The number of pyridine rings is 1. The van der Waals surface area contributed by atoms with Gasteiger partial charge in [-0.3, -0.25) is 14.2 Å². The Hall–Kier alpha value is -3.41. The Morgan fingerprint density at radius 2 is 1.81 bits per heavy atom. The van der Waals surface area contributed by atoms with Crippen LogP contribution in [0.3, 0.4) is 0 Å². The fraction of sp³-hybridized carbons (Fsp3) is 0.150. The van der Waals surface area contributed by atoms with E-state index in [2.05, 4.69) is 10.3 Å². The molecular formula is C20H18N4O2. The summed E-state index contributed by atoms with van der Waals surface area (Å²) in [5.74, 6) is -0.203. The van der Waals surface area contributed by atoms with E-state index in [1.807, 2.05) is 54.7 Å². The smallest absolute Gasteiger partial charge is 0.276 e. The highest BCUT2D eigenvalue weighted by molar-refractivity contribution is 5.80. The summed E-state index contributed by atoms with van der Waals surface area (Å²) < 4.78 is 3.23. The summed E-state index contributed by atoms with van der Waals surface area (Å²) in [5, 5.41) is 2.88. The second-order valence-corrected chi connectivity index (χ2v) is 6.09. The lowest BCUT2D eigenvalue weighted by atomic mass is 10.1. The molecule has 0 aliphatic carbocycles. The van der Waals surface area contributed by atoms with Gasteiger partial charge in [0.2, 0.25) is 5.91 Å². The van der Waals surface area contributed by atoms with Crippen LogP contribution in [0.15, 0.2) is 71.8 Å². The molecule has 0 atom stereocenters. The van der Waals surface area contributed by atoms with Gasteiger partial charge in [-0.15, -0.1) is 0 Å². The zero-order chi connectivity index (χ0) is 17.9. The van der Waals surface area contributed by atoms with Crippen molar-refractivity contribution < 1.29 is 4.79 Å². The minimum Gasteiger partial charge on any atom is -0.354 e. The number of rotatable bonds is 5. The monoisotopic (exact) mass is 346 g/mol. The summed E-state index contributed by atoms with van der Waals surface area (Å²) in [6, 6.07) is 17.2. The number of hydrogen-bond donors (Lipinski definition) is 1. The van der Waals surface area contributed by atoms with Crippen LogP contribution in [0.25, 0.3) is 16.7 Å². The predicted octanol–water partition coefficient (Wildman–Crippen LogP) is 2.01. The van der Waals surface area contributed by atoms with E-state index in [-0.39, 0.29) is 18.0 Å². The van der Waals surface area contributed by atoms with Crippen molar-refractivity contribution in [1.82, 2.24) is 19.3 Å². The maximum absolute atomic E-state index is 12.8. The van der Waals surface area contributed by atoms with E-state index in [4.69, 9.17) is 0 Å². The number of benzene rings is 1. The summed E-state index contributed by atoms with van der Waals surface area (Å²) in [4.78, 5) is 29.4. The van der Waals surface area contributed by atoms with Gasteiger partial charge in [-0.2, -0.15) is 0 Å². The van der Waals surface area contributed by atoms with E-state index in [1.54, 1.807) is 16.7 Å². The largest absolute Gasteiger partial charge is 0.354 e. The van der Waals surface area contributed by atoms with Crippen LogP contribution in [0, 0.1) is 0 Å². The number of nitrogens with one attached hydrogen (secondary N) is 1. The van der Waals surface area contributed by atoms with Gasteiger partial charge in [0.15, 0.2) is 5.65 Å². The second kappa shape index (κ2) is 6.84. The Bertz CT molecular complexity index is 1130. The zero-order valence-corrected chi connectivity index (χ0v) is 14.1. The van der Waals surface area contributed by atoms with Crippen LogP contribution in [0.5, 0.6) is 0 Å². The molecule has 0 radical (unpaired) electrons. The van der Waals surface area contributed by atoms with Crippen LogP contribution in [-0.4, -0.2) is 26.4 Å². The summed E-state index contributed by atoms with van der Waals surface area (Å²) in [6.45, 7) is 0.471. The molecule has 130 valence electrons. The number of amides is 1. The van der Waals surface area contributed by atoms with Crippen molar-refractivity contribution in [3.05, 3.63) is 82.9 Å². The van der Waals surface area contributed by atoms with Crippen LogP contribution in [0.2, 0.25) is 0 Å². The molecule has 0 saturated carbocycles. The molecule has 3 aromatic heterocycles. The number of carbonyl (C=O) groups is 1. The van der Waals surface area contributed by atoms with E-state index in [9.17, 15) is 9.59 Å². The van der Waals surface area contributed by atoms with E-state index in [1.165, 1.54) is 4.57 Å². The molecule has 1 amide bonds. The Labute approximate surface area is 149 Å². The van der Waals surface area contributed by atoms with Crippen LogP contribution in [0.4, 0.5) is 0 Å². The van der Waals surface area contributed by atoms with Crippen molar-refractivity contribution in [3.8, 4) is 0 Å². The van der Waals surface area contributed by atoms with E-state index in [0.717, 1.165) is 17.5 Å². The molecule has 26 heavy (non-hydrogen) atoms. The lowest BCUT2D eigenvalue weighted by Gasteiger charge is -2.12. The van der Waals surface area contributed by atoms with Crippen LogP contribution >= 0.6 is 0 Å². The van der Waals surface area contributed by atoms with Gasteiger partial charge in [0, 0.05) is 18.9 Å². The molecule has 6 nitrogen and oxygen atoms in total. The van der Waals surface area contributed by atoms with E-state index in [0.29, 0.717) is 17.7 Å². The van der Waals surface area contributed by atoms with Crippen LogP contribution < -0.4 is 10.9 Å². The third kappa shape index (κ3) is 2.97. The number of nitrogens with zero attached hydrogens (tertiary/aromatic N) is 3. The molecule has 0 unspecified atom stereocenters. The van der Waals surface area contributed by atoms with Crippen molar-refractivity contribution in [1.29, 1.82) is 0 Å². The van der Waals surface area contributed by atoms with E-state index >= 15 is 0 Å². The van der Waals surface area contributed by atoms with Crippen LogP contribution in [0.1, 0.15) is 5.56 Å². The Kier molecular flexibility index (Phi) is 4.23. The first kappa shape index (κ1) is 16.1. The SMILES string of the molecule is O=C(Cn1c(=O)c2cccn2c2cccnc21)NCCc1ccccc1. The summed E-state index contributed by atoms with van der Waals surface area (Å²) in [6.07, 6.45) is 4.20.